The number of imidazole rings is 1. The van der Waals surface area contributed by atoms with Crippen molar-refractivity contribution >= 4 is 23.5 Å². The minimum atomic E-state index is 0.0860. The molecule has 21 heavy (non-hydrogen) atoms. The number of benzene rings is 1. The Labute approximate surface area is 129 Å². The summed E-state index contributed by atoms with van der Waals surface area (Å²) < 4.78 is 2.12. The van der Waals surface area contributed by atoms with Crippen molar-refractivity contribution in [1.29, 1.82) is 0 Å². The van der Waals surface area contributed by atoms with E-state index in [4.69, 9.17) is 4.98 Å². The van der Waals surface area contributed by atoms with Gasteiger partial charge in [0.15, 0.2) is 5.16 Å². The zero-order valence-corrected chi connectivity index (χ0v) is 13.2. The van der Waals surface area contributed by atoms with Gasteiger partial charge >= 0.3 is 0 Å². The van der Waals surface area contributed by atoms with Crippen LogP contribution >= 0.6 is 11.8 Å². The van der Waals surface area contributed by atoms with E-state index in [0.717, 1.165) is 48.2 Å². The molecule has 0 aliphatic carbocycles. The van der Waals surface area contributed by atoms with Gasteiger partial charge in [0.1, 0.15) is 5.82 Å². The van der Waals surface area contributed by atoms with Gasteiger partial charge in [0.25, 0.3) is 0 Å². The predicted octanol–water partition coefficient (Wildman–Crippen LogP) is 3.28. The van der Waals surface area contributed by atoms with E-state index in [2.05, 4.69) is 16.7 Å². The van der Waals surface area contributed by atoms with Gasteiger partial charge in [0.2, 0.25) is 5.91 Å². The Morgan fingerprint density at radius 2 is 2.00 bits per heavy atom. The van der Waals surface area contributed by atoms with Crippen LogP contribution in [0.2, 0.25) is 0 Å². The lowest BCUT2D eigenvalue weighted by molar-refractivity contribution is -0.116. The molecule has 0 radical (unpaired) electrons. The second-order valence-electron chi connectivity index (χ2n) is 5.17. The van der Waals surface area contributed by atoms with Crippen LogP contribution in [-0.4, -0.2) is 28.3 Å². The fourth-order valence-corrected chi connectivity index (χ4v) is 3.38. The Balaban J connectivity index is 2.23. The summed E-state index contributed by atoms with van der Waals surface area (Å²) in [6.07, 6.45) is 5.07. The van der Waals surface area contributed by atoms with Gasteiger partial charge in [-0.1, -0.05) is 30.0 Å². The van der Waals surface area contributed by atoms with Crippen molar-refractivity contribution in [2.24, 2.45) is 0 Å². The van der Waals surface area contributed by atoms with E-state index in [0.29, 0.717) is 0 Å². The first-order valence-corrected chi connectivity index (χ1v) is 8.44. The van der Waals surface area contributed by atoms with Crippen LogP contribution in [0.4, 0.5) is 5.82 Å². The third-order valence-corrected chi connectivity index (χ3v) is 4.41. The molecule has 2 aromatic rings. The minimum Gasteiger partial charge on any atom is -0.297 e. The molecule has 0 saturated carbocycles. The Bertz CT molecular complexity index is 651. The molecule has 1 aromatic heterocycles. The molecule has 0 saturated heterocycles. The summed E-state index contributed by atoms with van der Waals surface area (Å²) >= 11 is 1.62. The van der Waals surface area contributed by atoms with Crippen LogP contribution in [0.25, 0.3) is 5.69 Å². The monoisotopic (exact) mass is 301 g/mol. The SMILES string of the molecule is CSc1nc2c(n1-c1ccccc1)N(C(C)=O)CCCC2. The summed E-state index contributed by atoms with van der Waals surface area (Å²) in [4.78, 5) is 18.7. The number of amides is 1. The van der Waals surface area contributed by atoms with Crippen LogP contribution in [0.15, 0.2) is 35.5 Å². The average Bonchev–Trinajstić information content (AvgIpc) is 2.73. The van der Waals surface area contributed by atoms with Crippen LogP contribution < -0.4 is 4.90 Å². The number of aryl methyl sites for hydroxylation is 1. The second kappa shape index (κ2) is 5.93. The summed E-state index contributed by atoms with van der Waals surface area (Å²) in [5.74, 6) is 1.04. The number of fused-ring (bicyclic) bond motifs is 1. The molecule has 0 bridgehead atoms. The number of carbonyl (C=O) groups excluding carboxylic acids is 1. The number of nitrogens with zero attached hydrogens (tertiary/aromatic N) is 3. The molecule has 0 atom stereocenters. The zero-order chi connectivity index (χ0) is 14.8. The van der Waals surface area contributed by atoms with Crippen molar-refractivity contribution in [3.05, 3.63) is 36.0 Å². The van der Waals surface area contributed by atoms with Gasteiger partial charge in [-0.3, -0.25) is 14.3 Å². The molecule has 1 amide bonds. The molecule has 1 aliphatic heterocycles. The lowest BCUT2D eigenvalue weighted by Gasteiger charge is -2.22. The number of anilines is 1. The largest absolute Gasteiger partial charge is 0.297 e. The number of hydrogen-bond donors (Lipinski definition) is 0. The topological polar surface area (TPSA) is 38.1 Å². The summed E-state index contributed by atoms with van der Waals surface area (Å²) in [7, 11) is 0. The fourth-order valence-electron chi connectivity index (χ4n) is 2.80. The quantitative estimate of drug-likeness (QED) is 0.799. The number of rotatable bonds is 2. The molecule has 1 aromatic carbocycles. The van der Waals surface area contributed by atoms with Gasteiger partial charge in [-0.05, 0) is 37.7 Å². The van der Waals surface area contributed by atoms with Crippen molar-refractivity contribution in [2.75, 3.05) is 17.7 Å². The molecule has 110 valence electrons. The third-order valence-electron chi connectivity index (χ3n) is 3.77. The summed E-state index contributed by atoms with van der Waals surface area (Å²) in [5.41, 5.74) is 2.10. The van der Waals surface area contributed by atoms with Crippen LogP contribution in [0.3, 0.4) is 0 Å². The van der Waals surface area contributed by atoms with E-state index < -0.39 is 0 Å². The average molecular weight is 301 g/mol. The lowest BCUT2D eigenvalue weighted by atomic mass is 10.2. The van der Waals surface area contributed by atoms with E-state index in [-0.39, 0.29) is 5.91 Å². The van der Waals surface area contributed by atoms with Gasteiger partial charge in [0.05, 0.1) is 5.69 Å². The molecule has 2 heterocycles. The molecule has 1 aliphatic rings. The van der Waals surface area contributed by atoms with Gasteiger partial charge in [-0.25, -0.2) is 4.98 Å². The van der Waals surface area contributed by atoms with E-state index in [1.54, 1.807) is 18.7 Å². The first kappa shape index (κ1) is 14.2. The number of para-hydroxylation sites is 1. The molecule has 4 nitrogen and oxygen atoms in total. The van der Waals surface area contributed by atoms with E-state index in [1.165, 1.54) is 0 Å². The predicted molar refractivity (Wildman–Crippen MR) is 86.3 cm³/mol. The molecular weight excluding hydrogens is 282 g/mol. The Hall–Kier alpha value is -1.75. The molecule has 0 fully saturated rings. The standard InChI is InChI=1S/C16H19N3OS/c1-12(20)18-11-7-6-10-14-15(18)19(16(17-14)21-2)13-8-4-3-5-9-13/h3-5,8-9H,6-7,10-11H2,1-2H3. The molecule has 0 spiro atoms. The number of carbonyl (C=O) groups is 1. The van der Waals surface area contributed by atoms with E-state index >= 15 is 0 Å². The van der Waals surface area contributed by atoms with Crippen LogP contribution in [0, 0.1) is 0 Å². The number of thioether (sulfide) groups is 1. The molecule has 3 rings (SSSR count). The van der Waals surface area contributed by atoms with Crippen LogP contribution in [0.1, 0.15) is 25.5 Å². The van der Waals surface area contributed by atoms with Gasteiger partial charge in [-0.2, -0.15) is 0 Å². The van der Waals surface area contributed by atoms with Crippen LogP contribution in [-0.2, 0) is 11.2 Å². The van der Waals surface area contributed by atoms with Crippen molar-refractivity contribution < 1.29 is 4.79 Å². The molecule has 5 heteroatoms. The second-order valence-corrected chi connectivity index (χ2v) is 5.94. The highest BCUT2D eigenvalue weighted by Gasteiger charge is 2.27. The van der Waals surface area contributed by atoms with Crippen LogP contribution in [0.5, 0.6) is 0 Å². The zero-order valence-electron chi connectivity index (χ0n) is 12.4. The fraction of sp³-hybridized carbons (Fsp3) is 0.375. The van der Waals surface area contributed by atoms with Crippen molar-refractivity contribution in [1.82, 2.24) is 9.55 Å². The van der Waals surface area contributed by atoms with E-state index in [9.17, 15) is 4.79 Å². The van der Waals surface area contributed by atoms with Crippen molar-refractivity contribution in [3.63, 3.8) is 0 Å². The maximum absolute atomic E-state index is 12.1. The maximum Gasteiger partial charge on any atom is 0.225 e. The Kier molecular flexibility index (Phi) is 4.01. The molecule has 0 N–H and O–H groups in total. The van der Waals surface area contributed by atoms with Gasteiger partial charge in [0, 0.05) is 19.2 Å². The number of hydrogen-bond acceptors (Lipinski definition) is 3. The molecule has 0 unspecified atom stereocenters. The van der Waals surface area contributed by atoms with Crippen molar-refractivity contribution in [3.8, 4) is 5.69 Å². The summed E-state index contributed by atoms with van der Waals surface area (Å²) in [6, 6.07) is 10.2. The van der Waals surface area contributed by atoms with E-state index in [1.807, 2.05) is 29.4 Å². The Morgan fingerprint density at radius 3 is 2.67 bits per heavy atom. The normalized spacial score (nSPS) is 14.7. The molecular formula is C16H19N3OS. The number of aromatic nitrogens is 2. The van der Waals surface area contributed by atoms with Gasteiger partial charge < -0.3 is 0 Å². The summed E-state index contributed by atoms with van der Waals surface area (Å²) in [6.45, 7) is 2.41. The highest BCUT2D eigenvalue weighted by molar-refractivity contribution is 7.98. The smallest absolute Gasteiger partial charge is 0.225 e. The first-order valence-electron chi connectivity index (χ1n) is 7.21. The highest BCUT2D eigenvalue weighted by Crippen LogP contribution is 2.34. The highest BCUT2D eigenvalue weighted by atomic mass is 32.2. The Morgan fingerprint density at radius 1 is 1.24 bits per heavy atom. The first-order chi connectivity index (χ1) is 10.2. The maximum atomic E-state index is 12.1. The third kappa shape index (κ3) is 2.58. The minimum absolute atomic E-state index is 0.0860. The summed E-state index contributed by atoms with van der Waals surface area (Å²) in [5, 5.41) is 0.944. The van der Waals surface area contributed by atoms with Crippen molar-refractivity contribution in [2.45, 2.75) is 31.3 Å². The van der Waals surface area contributed by atoms with Gasteiger partial charge in [-0.15, -0.1) is 0 Å². The lowest BCUT2D eigenvalue weighted by Crippen LogP contribution is -2.31.